The lowest BCUT2D eigenvalue weighted by Gasteiger charge is -2.33. The molecule has 0 unspecified atom stereocenters. The summed E-state index contributed by atoms with van der Waals surface area (Å²) >= 11 is 0. The lowest BCUT2D eigenvalue weighted by atomic mass is 9.97. The second kappa shape index (κ2) is 7.07. The second-order valence-electron chi connectivity index (χ2n) is 6.18. The zero-order valence-corrected chi connectivity index (χ0v) is 13.7. The molecule has 1 aromatic rings. The minimum absolute atomic E-state index is 0.302. The Morgan fingerprint density at radius 3 is 2.48 bits per heavy atom. The lowest BCUT2D eigenvalue weighted by molar-refractivity contribution is 0.202. The van der Waals surface area contributed by atoms with E-state index in [0.717, 1.165) is 55.5 Å². The molecule has 0 atom stereocenters. The Morgan fingerprint density at radius 2 is 1.95 bits per heavy atom. The molecule has 1 fully saturated rings. The first kappa shape index (κ1) is 16.0. The molecule has 0 radical (unpaired) electrons. The number of hydrogen-bond acceptors (Lipinski definition) is 5. The molecule has 2 heterocycles. The number of aliphatic hydroxyl groups is 1. The molecule has 1 aliphatic heterocycles. The fraction of sp³-hybridized carbons (Fsp3) is 0.750. The van der Waals surface area contributed by atoms with Crippen LogP contribution in [-0.2, 0) is 0 Å². The van der Waals surface area contributed by atoms with Crippen molar-refractivity contribution in [2.24, 2.45) is 5.92 Å². The third-order valence-electron chi connectivity index (χ3n) is 4.17. The van der Waals surface area contributed by atoms with Crippen LogP contribution in [-0.4, -0.2) is 41.3 Å². The predicted octanol–water partition coefficient (Wildman–Crippen LogP) is 2.55. The molecule has 2 rings (SSSR count). The monoisotopic (exact) mass is 292 g/mol. The summed E-state index contributed by atoms with van der Waals surface area (Å²) < 4.78 is 0. The zero-order chi connectivity index (χ0) is 15.4. The smallest absolute Gasteiger partial charge is 0.137 e. The van der Waals surface area contributed by atoms with Crippen LogP contribution in [0.4, 0.5) is 11.6 Å². The number of aliphatic hydroxyl groups excluding tert-OH is 1. The van der Waals surface area contributed by atoms with Crippen LogP contribution in [0.5, 0.6) is 0 Å². The van der Waals surface area contributed by atoms with Gasteiger partial charge in [0.2, 0.25) is 0 Å². The Hall–Kier alpha value is -1.36. The van der Waals surface area contributed by atoms with Gasteiger partial charge in [0.1, 0.15) is 17.5 Å². The number of hydrogen-bond donors (Lipinski definition) is 2. The maximum absolute atomic E-state index is 9.28. The molecule has 2 N–H and O–H groups in total. The number of piperidine rings is 1. The highest BCUT2D eigenvalue weighted by atomic mass is 16.3. The van der Waals surface area contributed by atoms with Crippen molar-refractivity contribution in [3.05, 3.63) is 11.4 Å². The van der Waals surface area contributed by atoms with Crippen LogP contribution in [0.15, 0.2) is 0 Å². The quantitative estimate of drug-likeness (QED) is 0.873. The van der Waals surface area contributed by atoms with Crippen molar-refractivity contribution in [2.45, 2.75) is 46.5 Å². The highest BCUT2D eigenvalue weighted by Gasteiger charge is 2.23. The van der Waals surface area contributed by atoms with Gasteiger partial charge in [-0.25, -0.2) is 9.97 Å². The number of anilines is 2. The molecule has 1 saturated heterocycles. The van der Waals surface area contributed by atoms with Crippen molar-refractivity contribution in [1.82, 2.24) is 9.97 Å². The highest BCUT2D eigenvalue weighted by Crippen LogP contribution is 2.29. The lowest BCUT2D eigenvalue weighted by Crippen LogP contribution is -2.36. The summed E-state index contributed by atoms with van der Waals surface area (Å²) in [5.41, 5.74) is 1.13. The summed E-state index contributed by atoms with van der Waals surface area (Å²) in [5, 5.41) is 12.6. The Kier molecular flexibility index (Phi) is 5.39. The number of aromatic nitrogens is 2. The van der Waals surface area contributed by atoms with Gasteiger partial charge in [0.25, 0.3) is 0 Å². The van der Waals surface area contributed by atoms with Gasteiger partial charge in [-0.05, 0) is 32.6 Å². The van der Waals surface area contributed by atoms with E-state index < -0.39 is 0 Å². The molecule has 0 amide bonds. The summed E-state index contributed by atoms with van der Waals surface area (Å²) in [5.74, 6) is 3.67. The summed E-state index contributed by atoms with van der Waals surface area (Å²) in [6, 6.07) is 0. The van der Waals surface area contributed by atoms with Crippen molar-refractivity contribution < 1.29 is 5.11 Å². The SMILES string of the molecule is CCNc1nc(C(C)C)nc(N2CCC(CO)CC2)c1C. The molecule has 1 aliphatic rings. The summed E-state index contributed by atoms with van der Waals surface area (Å²) in [6.07, 6.45) is 2.07. The Balaban J connectivity index is 2.29. The van der Waals surface area contributed by atoms with Crippen LogP contribution in [0, 0.1) is 12.8 Å². The van der Waals surface area contributed by atoms with Crippen molar-refractivity contribution in [3.8, 4) is 0 Å². The first-order valence-corrected chi connectivity index (χ1v) is 8.05. The summed E-state index contributed by atoms with van der Waals surface area (Å²) in [4.78, 5) is 11.8. The topological polar surface area (TPSA) is 61.3 Å². The molecule has 118 valence electrons. The van der Waals surface area contributed by atoms with Crippen LogP contribution in [0.3, 0.4) is 0 Å². The third-order valence-corrected chi connectivity index (χ3v) is 4.17. The molecular weight excluding hydrogens is 264 g/mol. The average molecular weight is 292 g/mol. The van der Waals surface area contributed by atoms with Crippen LogP contribution in [0.2, 0.25) is 0 Å². The number of nitrogens with one attached hydrogen (secondary N) is 1. The fourth-order valence-electron chi connectivity index (χ4n) is 2.75. The van der Waals surface area contributed by atoms with E-state index in [1.807, 2.05) is 0 Å². The van der Waals surface area contributed by atoms with Gasteiger partial charge in [0.15, 0.2) is 0 Å². The van der Waals surface area contributed by atoms with Gasteiger partial charge in [-0.1, -0.05) is 13.8 Å². The van der Waals surface area contributed by atoms with E-state index in [-0.39, 0.29) is 0 Å². The largest absolute Gasteiger partial charge is 0.396 e. The minimum Gasteiger partial charge on any atom is -0.396 e. The second-order valence-corrected chi connectivity index (χ2v) is 6.18. The molecule has 0 aliphatic carbocycles. The maximum Gasteiger partial charge on any atom is 0.137 e. The van der Waals surface area contributed by atoms with Gasteiger partial charge < -0.3 is 15.3 Å². The van der Waals surface area contributed by atoms with Crippen LogP contribution < -0.4 is 10.2 Å². The molecule has 1 aromatic heterocycles. The third kappa shape index (κ3) is 3.64. The van der Waals surface area contributed by atoms with Crippen molar-refractivity contribution in [1.29, 1.82) is 0 Å². The molecule has 5 nitrogen and oxygen atoms in total. The van der Waals surface area contributed by atoms with Gasteiger partial charge >= 0.3 is 0 Å². The molecule has 0 spiro atoms. The molecule has 0 bridgehead atoms. The van der Waals surface area contributed by atoms with E-state index in [1.165, 1.54) is 0 Å². The van der Waals surface area contributed by atoms with E-state index in [9.17, 15) is 5.11 Å². The average Bonchev–Trinajstić information content (AvgIpc) is 2.49. The Labute approximate surface area is 127 Å². The summed E-state index contributed by atoms with van der Waals surface area (Å²) in [7, 11) is 0. The predicted molar refractivity (Wildman–Crippen MR) is 87.0 cm³/mol. The van der Waals surface area contributed by atoms with Gasteiger partial charge in [0.05, 0.1) is 0 Å². The van der Waals surface area contributed by atoms with Crippen LogP contribution in [0.1, 0.15) is 50.9 Å². The van der Waals surface area contributed by atoms with E-state index in [4.69, 9.17) is 4.98 Å². The molecule has 0 aromatic carbocycles. The molecule has 0 saturated carbocycles. The van der Waals surface area contributed by atoms with E-state index >= 15 is 0 Å². The first-order valence-electron chi connectivity index (χ1n) is 8.05. The van der Waals surface area contributed by atoms with Crippen molar-refractivity contribution >= 4 is 11.6 Å². The minimum atomic E-state index is 0.302. The van der Waals surface area contributed by atoms with E-state index in [0.29, 0.717) is 18.4 Å². The molecule has 5 heteroatoms. The highest BCUT2D eigenvalue weighted by molar-refractivity contribution is 5.59. The Bertz CT molecular complexity index is 468. The van der Waals surface area contributed by atoms with Gasteiger partial charge in [-0.15, -0.1) is 0 Å². The van der Waals surface area contributed by atoms with E-state index in [2.05, 4.69) is 42.9 Å². The molecular formula is C16H28N4O. The zero-order valence-electron chi connectivity index (χ0n) is 13.7. The number of rotatable bonds is 5. The maximum atomic E-state index is 9.28. The first-order chi connectivity index (χ1) is 10.1. The molecule has 21 heavy (non-hydrogen) atoms. The van der Waals surface area contributed by atoms with Crippen LogP contribution >= 0.6 is 0 Å². The van der Waals surface area contributed by atoms with Gasteiger partial charge in [-0.3, -0.25) is 0 Å². The normalized spacial score (nSPS) is 16.6. The van der Waals surface area contributed by atoms with Crippen molar-refractivity contribution in [3.63, 3.8) is 0 Å². The van der Waals surface area contributed by atoms with E-state index in [1.54, 1.807) is 0 Å². The standard InChI is InChI=1S/C16H28N4O/c1-5-17-15-12(4)16(19-14(18-15)11(2)3)20-8-6-13(10-21)7-9-20/h11,13,21H,5-10H2,1-4H3,(H,17,18,19). The van der Waals surface area contributed by atoms with Gasteiger partial charge in [-0.2, -0.15) is 0 Å². The Morgan fingerprint density at radius 1 is 1.29 bits per heavy atom. The fourth-order valence-corrected chi connectivity index (χ4v) is 2.75. The number of nitrogens with zero attached hydrogens (tertiary/aromatic N) is 3. The van der Waals surface area contributed by atoms with Gasteiger partial charge in [0, 0.05) is 37.7 Å². The van der Waals surface area contributed by atoms with Crippen molar-refractivity contribution in [2.75, 3.05) is 36.5 Å². The van der Waals surface area contributed by atoms with Crippen LogP contribution in [0.25, 0.3) is 0 Å². The summed E-state index contributed by atoms with van der Waals surface area (Å²) in [6.45, 7) is 11.5.